The van der Waals surface area contributed by atoms with Crippen molar-refractivity contribution in [2.45, 2.75) is 31.7 Å². The van der Waals surface area contributed by atoms with Crippen molar-refractivity contribution in [1.82, 2.24) is 0 Å². The number of carbonyl (C=O) groups excluding carboxylic acids is 1. The Hall–Kier alpha value is -1.88. The number of hydrogen-bond donors (Lipinski definition) is 2. The first-order valence-electron chi connectivity index (χ1n) is 6.93. The summed E-state index contributed by atoms with van der Waals surface area (Å²) in [7, 11) is 0. The molecule has 3 nitrogen and oxygen atoms in total. The Morgan fingerprint density at radius 2 is 2.24 bits per heavy atom. The second-order valence-electron chi connectivity index (χ2n) is 5.52. The molecule has 1 amide bonds. The molecule has 3 N–H and O–H groups in total. The molecule has 1 unspecified atom stereocenters. The maximum atomic E-state index is 13.6. The lowest BCUT2D eigenvalue weighted by molar-refractivity contribution is -0.123. The van der Waals surface area contributed by atoms with E-state index in [1.165, 1.54) is 17.0 Å². The van der Waals surface area contributed by atoms with Crippen LogP contribution in [0.3, 0.4) is 0 Å². The zero-order chi connectivity index (χ0) is 15.0. The summed E-state index contributed by atoms with van der Waals surface area (Å²) >= 11 is 1.64. The first-order chi connectivity index (χ1) is 10.0. The van der Waals surface area contributed by atoms with E-state index in [9.17, 15) is 9.18 Å². The number of amides is 1. The van der Waals surface area contributed by atoms with Crippen molar-refractivity contribution >= 4 is 22.9 Å². The molecule has 0 saturated carbocycles. The molecule has 110 valence electrons. The maximum absolute atomic E-state index is 13.6. The van der Waals surface area contributed by atoms with Gasteiger partial charge in [-0.1, -0.05) is 0 Å². The molecule has 1 atom stereocenters. The average Bonchev–Trinajstić information content (AvgIpc) is 2.86. The van der Waals surface area contributed by atoms with E-state index >= 15 is 0 Å². The fourth-order valence-corrected chi connectivity index (χ4v) is 4.07. The quantitative estimate of drug-likeness (QED) is 0.914. The lowest BCUT2D eigenvalue weighted by atomic mass is 9.79. The smallest absolute Gasteiger partial charge is 0.247 e. The predicted molar refractivity (Wildman–Crippen MR) is 82.9 cm³/mol. The molecule has 1 aromatic carbocycles. The van der Waals surface area contributed by atoms with Gasteiger partial charge >= 0.3 is 0 Å². The highest BCUT2D eigenvalue weighted by atomic mass is 32.1. The summed E-state index contributed by atoms with van der Waals surface area (Å²) in [5, 5.41) is 5.19. The molecule has 1 heterocycles. The molecule has 5 heteroatoms. The maximum Gasteiger partial charge on any atom is 0.247 e. The highest BCUT2D eigenvalue weighted by Crippen LogP contribution is 2.40. The van der Waals surface area contributed by atoms with E-state index in [4.69, 9.17) is 5.73 Å². The van der Waals surface area contributed by atoms with Gasteiger partial charge in [-0.25, -0.2) is 4.39 Å². The number of primary amides is 1. The Morgan fingerprint density at radius 3 is 2.95 bits per heavy atom. The van der Waals surface area contributed by atoms with Gasteiger partial charge in [-0.15, -0.1) is 11.3 Å². The normalized spacial score (nSPS) is 20.9. The van der Waals surface area contributed by atoms with Gasteiger partial charge in [0.15, 0.2) is 0 Å². The van der Waals surface area contributed by atoms with E-state index < -0.39 is 11.4 Å². The van der Waals surface area contributed by atoms with Crippen LogP contribution in [0.15, 0.2) is 29.6 Å². The summed E-state index contributed by atoms with van der Waals surface area (Å²) in [6.45, 7) is 1.82. The fraction of sp³-hybridized carbons (Fsp3) is 0.312. The number of fused-ring (bicyclic) bond motifs is 1. The van der Waals surface area contributed by atoms with Gasteiger partial charge in [-0.2, -0.15) is 0 Å². The van der Waals surface area contributed by atoms with Crippen LogP contribution in [-0.4, -0.2) is 5.91 Å². The van der Waals surface area contributed by atoms with Crippen molar-refractivity contribution in [3.8, 4) is 0 Å². The molecule has 0 bridgehead atoms. The molecule has 21 heavy (non-hydrogen) atoms. The molecular weight excluding hydrogens is 287 g/mol. The Bertz CT molecular complexity index is 677. The molecule has 1 aliphatic rings. The van der Waals surface area contributed by atoms with E-state index in [2.05, 4.69) is 5.32 Å². The monoisotopic (exact) mass is 304 g/mol. The zero-order valence-corrected chi connectivity index (χ0v) is 12.6. The van der Waals surface area contributed by atoms with Gasteiger partial charge in [0.2, 0.25) is 5.91 Å². The third-order valence-corrected chi connectivity index (χ3v) is 4.96. The fourth-order valence-electron chi connectivity index (χ4n) is 3.07. The number of carbonyl (C=O) groups is 1. The first-order valence-corrected chi connectivity index (χ1v) is 7.81. The van der Waals surface area contributed by atoms with Crippen molar-refractivity contribution in [1.29, 1.82) is 0 Å². The van der Waals surface area contributed by atoms with Crippen LogP contribution in [0.2, 0.25) is 0 Å². The topological polar surface area (TPSA) is 55.1 Å². The Balaban J connectivity index is 2.06. The van der Waals surface area contributed by atoms with Gasteiger partial charge in [0, 0.05) is 16.1 Å². The van der Waals surface area contributed by atoms with Gasteiger partial charge in [0.25, 0.3) is 0 Å². The van der Waals surface area contributed by atoms with E-state index in [1.807, 2.05) is 24.4 Å². The van der Waals surface area contributed by atoms with E-state index in [0.29, 0.717) is 12.1 Å². The molecule has 1 aromatic heterocycles. The van der Waals surface area contributed by atoms with Gasteiger partial charge in [-0.05, 0) is 61.4 Å². The molecule has 0 fully saturated rings. The summed E-state index contributed by atoms with van der Waals surface area (Å²) in [6.07, 6.45) is 2.48. The number of anilines is 1. The molecule has 0 spiro atoms. The molecule has 2 aromatic rings. The largest absolute Gasteiger partial charge is 0.367 e. The number of hydrogen-bond acceptors (Lipinski definition) is 3. The van der Waals surface area contributed by atoms with E-state index in [0.717, 1.165) is 24.0 Å². The highest BCUT2D eigenvalue weighted by Gasteiger charge is 2.42. The first kappa shape index (κ1) is 14.1. The number of halogens is 1. The van der Waals surface area contributed by atoms with Crippen molar-refractivity contribution in [3.63, 3.8) is 0 Å². The third-order valence-electron chi connectivity index (χ3n) is 3.98. The number of nitrogens with one attached hydrogen (secondary N) is 1. The SMILES string of the molecule is Cc1cc(F)cc(NC2(C(N)=O)CCCc3sccc32)c1. The summed E-state index contributed by atoms with van der Waals surface area (Å²) < 4.78 is 13.6. The Labute approximate surface area is 127 Å². The lowest BCUT2D eigenvalue weighted by Crippen LogP contribution is -2.49. The number of nitrogens with two attached hydrogens (primary N) is 1. The molecule has 0 radical (unpaired) electrons. The van der Waals surface area contributed by atoms with Crippen LogP contribution in [-0.2, 0) is 16.8 Å². The third kappa shape index (κ3) is 2.42. The average molecular weight is 304 g/mol. The minimum absolute atomic E-state index is 0.321. The van der Waals surface area contributed by atoms with Crippen LogP contribution in [0.25, 0.3) is 0 Å². The molecule has 0 aliphatic heterocycles. The van der Waals surface area contributed by atoms with Gasteiger partial charge in [0.05, 0.1) is 0 Å². The van der Waals surface area contributed by atoms with Crippen molar-refractivity contribution < 1.29 is 9.18 Å². The molecule has 1 aliphatic carbocycles. The predicted octanol–water partition coefficient (Wildman–Crippen LogP) is 3.32. The van der Waals surface area contributed by atoms with Crippen LogP contribution >= 0.6 is 11.3 Å². The highest BCUT2D eigenvalue weighted by molar-refractivity contribution is 7.10. The molecular formula is C16H17FN2OS. The summed E-state index contributed by atoms with van der Waals surface area (Å²) in [4.78, 5) is 13.4. The van der Waals surface area contributed by atoms with Crippen LogP contribution in [0.1, 0.15) is 28.8 Å². The summed E-state index contributed by atoms with van der Waals surface area (Å²) in [5.41, 5.74) is 7.10. The Kier molecular flexibility index (Phi) is 3.45. The lowest BCUT2D eigenvalue weighted by Gasteiger charge is -2.36. The second-order valence-corrected chi connectivity index (χ2v) is 6.52. The summed E-state index contributed by atoms with van der Waals surface area (Å²) in [6, 6.07) is 6.63. The number of aryl methyl sites for hydroxylation is 2. The van der Waals surface area contributed by atoms with Crippen LogP contribution in [0.5, 0.6) is 0 Å². The number of rotatable bonds is 3. The number of thiophene rings is 1. The van der Waals surface area contributed by atoms with E-state index in [-0.39, 0.29) is 5.82 Å². The molecule has 0 saturated heterocycles. The Morgan fingerprint density at radius 1 is 1.43 bits per heavy atom. The second kappa shape index (κ2) is 5.15. The van der Waals surface area contributed by atoms with Gasteiger partial charge < -0.3 is 11.1 Å². The minimum Gasteiger partial charge on any atom is -0.367 e. The number of benzene rings is 1. The van der Waals surface area contributed by atoms with E-state index in [1.54, 1.807) is 11.3 Å². The minimum atomic E-state index is -0.937. The summed E-state index contributed by atoms with van der Waals surface area (Å²) in [5.74, 6) is -0.734. The van der Waals surface area contributed by atoms with Crippen molar-refractivity contribution in [2.75, 3.05) is 5.32 Å². The standard InChI is InChI=1S/C16H17FN2OS/c1-10-7-11(17)9-12(8-10)19-16(15(18)20)5-2-3-14-13(16)4-6-21-14/h4,6-9,19H,2-3,5H2,1H3,(H2,18,20). The van der Waals surface area contributed by atoms with Crippen LogP contribution in [0, 0.1) is 12.7 Å². The zero-order valence-electron chi connectivity index (χ0n) is 11.8. The van der Waals surface area contributed by atoms with Crippen LogP contribution < -0.4 is 11.1 Å². The van der Waals surface area contributed by atoms with Crippen LogP contribution in [0.4, 0.5) is 10.1 Å². The van der Waals surface area contributed by atoms with Gasteiger partial charge in [0.1, 0.15) is 11.4 Å². The van der Waals surface area contributed by atoms with Crippen molar-refractivity contribution in [2.24, 2.45) is 5.73 Å². The molecule has 3 rings (SSSR count). The van der Waals surface area contributed by atoms with Gasteiger partial charge in [-0.3, -0.25) is 4.79 Å². The van der Waals surface area contributed by atoms with Crippen molar-refractivity contribution in [3.05, 3.63) is 51.5 Å².